The molecule has 82 valence electrons. The number of nitrogens with zero attached hydrogens (tertiary/aromatic N) is 1. The molecule has 16 heavy (non-hydrogen) atoms. The van der Waals surface area contributed by atoms with Crippen molar-refractivity contribution in [2.75, 3.05) is 5.73 Å². The first-order valence-electron chi connectivity index (χ1n) is 4.43. The highest BCUT2D eigenvalue weighted by molar-refractivity contribution is 6.33. The van der Waals surface area contributed by atoms with Crippen molar-refractivity contribution in [1.29, 1.82) is 0 Å². The van der Waals surface area contributed by atoms with Crippen LogP contribution in [0.25, 0.3) is 11.1 Å². The van der Waals surface area contributed by atoms with E-state index in [1.165, 1.54) is 0 Å². The van der Waals surface area contributed by atoms with Gasteiger partial charge in [-0.2, -0.15) is 5.10 Å². The van der Waals surface area contributed by atoms with E-state index in [4.69, 9.17) is 22.4 Å². The van der Waals surface area contributed by atoms with E-state index in [0.717, 1.165) is 0 Å². The van der Waals surface area contributed by atoms with Gasteiger partial charge in [0, 0.05) is 10.6 Å². The minimum absolute atomic E-state index is 0.0643. The number of carboxylic acids is 1. The number of rotatable bonds is 2. The number of aromatic nitrogens is 2. The van der Waals surface area contributed by atoms with Gasteiger partial charge in [-0.3, -0.25) is 5.10 Å². The van der Waals surface area contributed by atoms with Crippen molar-refractivity contribution >= 4 is 23.4 Å². The average molecular weight is 238 g/mol. The molecule has 0 atom stereocenters. The van der Waals surface area contributed by atoms with Gasteiger partial charge in [-0.15, -0.1) is 0 Å². The van der Waals surface area contributed by atoms with Crippen LogP contribution in [0.2, 0.25) is 5.02 Å². The summed E-state index contributed by atoms with van der Waals surface area (Å²) < 4.78 is 0. The van der Waals surface area contributed by atoms with E-state index in [1.807, 2.05) is 0 Å². The number of hydrogen-bond acceptors (Lipinski definition) is 3. The monoisotopic (exact) mass is 237 g/mol. The van der Waals surface area contributed by atoms with Crippen molar-refractivity contribution in [2.45, 2.75) is 0 Å². The number of anilines is 1. The second kappa shape index (κ2) is 3.86. The van der Waals surface area contributed by atoms with Gasteiger partial charge in [0.1, 0.15) is 0 Å². The van der Waals surface area contributed by atoms with Gasteiger partial charge in [0.05, 0.1) is 5.56 Å². The topological polar surface area (TPSA) is 92.0 Å². The smallest absolute Gasteiger partial charge is 0.354 e. The van der Waals surface area contributed by atoms with Crippen LogP contribution < -0.4 is 5.73 Å². The van der Waals surface area contributed by atoms with Gasteiger partial charge in [-0.25, -0.2) is 4.79 Å². The lowest BCUT2D eigenvalue weighted by molar-refractivity contribution is 0.0691. The Morgan fingerprint density at radius 2 is 2.12 bits per heavy atom. The molecule has 0 unspecified atom stereocenters. The minimum atomic E-state index is -1.13. The molecule has 0 fully saturated rings. The Morgan fingerprint density at radius 3 is 2.75 bits per heavy atom. The van der Waals surface area contributed by atoms with Crippen molar-refractivity contribution in [3.05, 3.63) is 35.0 Å². The summed E-state index contributed by atoms with van der Waals surface area (Å²) >= 11 is 5.97. The molecule has 4 N–H and O–H groups in total. The summed E-state index contributed by atoms with van der Waals surface area (Å²) in [7, 11) is 0. The molecule has 0 aliphatic carbocycles. The Bertz CT molecular complexity index is 551. The molecule has 0 saturated carbocycles. The number of aromatic carboxylic acids is 1. The van der Waals surface area contributed by atoms with Crippen molar-refractivity contribution < 1.29 is 9.90 Å². The molecule has 5 nitrogen and oxygen atoms in total. The fraction of sp³-hybridized carbons (Fsp3) is 0. The number of hydrogen-bond donors (Lipinski definition) is 3. The maximum Gasteiger partial charge on any atom is 0.354 e. The number of nitrogens with one attached hydrogen (secondary N) is 1. The quantitative estimate of drug-likeness (QED) is 0.745. The van der Waals surface area contributed by atoms with Gasteiger partial charge in [-0.05, 0) is 6.07 Å². The third-order valence-electron chi connectivity index (χ3n) is 2.15. The molecule has 0 radical (unpaired) electrons. The highest BCUT2D eigenvalue weighted by Gasteiger charge is 2.19. The van der Waals surface area contributed by atoms with Crippen LogP contribution in [0.3, 0.4) is 0 Å². The van der Waals surface area contributed by atoms with Crippen LogP contribution in [-0.4, -0.2) is 21.3 Å². The van der Waals surface area contributed by atoms with Crippen molar-refractivity contribution in [3.63, 3.8) is 0 Å². The number of benzene rings is 1. The van der Waals surface area contributed by atoms with Gasteiger partial charge in [0.15, 0.2) is 11.5 Å². The molecule has 0 aliphatic rings. The number of carbonyl (C=O) groups is 1. The first kappa shape index (κ1) is 10.5. The zero-order valence-corrected chi connectivity index (χ0v) is 8.82. The Morgan fingerprint density at radius 1 is 1.44 bits per heavy atom. The molecular weight excluding hydrogens is 230 g/mol. The third kappa shape index (κ3) is 1.61. The second-order valence-corrected chi connectivity index (χ2v) is 3.55. The number of nitrogens with two attached hydrogens (primary N) is 1. The Kier molecular flexibility index (Phi) is 2.54. The fourth-order valence-corrected chi connectivity index (χ4v) is 1.68. The Hall–Kier alpha value is -2.01. The first-order valence-corrected chi connectivity index (χ1v) is 4.81. The maximum absolute atomic E-state index is 10.9. The van der Waals surface area contributed by atoms with E-state index in [9.17, 15) is 4.79 Å². The van der Waals surface area contributed by atoms with Crippen molar-refractivity contribution in [3.8, 4) is 11.1 Å². The van der Waals surface area contributed by atoms with Crippen LogP contribution in [0.5, 0.6) is 0 Å². The molecule has 1 aromatic carbocycles. The predicted octanol–water partition coefficient (Wildman–Crippen LogP) is 2.01. The SMILES string of the molecule is Nc1n[nH]c(C(=O)O)c1-c1ccccc1Cl. The second-order valence-electron chi connectivity index (χ2n) is 3.14. The van der Waals surface area contributed by atoms with Crippen LogP contribution in [-0.2, 0) is 0 Å². The van der Waals surface area contributed by atoms with Crippen LogP contribution in [0.1, 0.15) is 10.5 Å². The van der Waals surface area contributed by atoms with Gasteiger partial charge >= 0.3 is 5.97 Å². The van der Waals surface area contributed by atoms with Crippen molar-refractivity contribution in [2.24, 2.45) is 0 Å². The summed E-state index contributed by atoms with van der Waals surface area (Å²) in [5.74, 6) is -1.01. The highest BCUT2D eigenvalue weighted by Crippen LogP contribution is 2.33. The molecule has 0 aliphatic heterocycles. The normalized spacial score (nSPS) is 10.3. The zero-order chi connectivity index (χ0) is 11.7. The molecule has 2 rings (SSSR count). The summed E-state index contributed by atoms with van der Waals surface area (Å²) in [5.41, 5.74) is 6.42. The van der Waals surface area contributed by atoms with E-state index in [0.29, 0.717) is 16.1 Å². The first-order chi connectivity index (χ1) is 7.61. The molecule has 6 heteroatoms. The summed E-state index contributed by atoms with van der Waals surface area (Å²) in [6, 6.07) is 6.85. The Labute approximate surface area is 95.8 Å². The molecule has 0 spiro atoms. The molecule has 0 saturated heterocycles. The zero-order valence-electron chi connectivity index (χ0n) is 8.07. The third-order valence-corrected chi connectivity index (χ3v) is 2.48. The van der Waals surface area contributed by atoms with Crippen molar-refractivity contribution in [1.82, 2.24) is 10.2 Å². The molecular formula is C10H8ClN3O2. The number of nitrogen functional groups attached to an aromatic ring is 1. The van der Waals surface area contributed by atoms with E-state index in [-0.39, 0.29) is 11.5 Å². The number of aromatic amines is 1. The van der Waals surface area contributed by atoms with E-state index in [2.05, 4.69) is 10.2 Å². The molecule has 0 bridgehead atoms. The minimum Gasteiger partial charge on any atom is -0.477 e. The molecule has 0 amide bonds. The van der Waals surface area contributed by atoms with Gasteiger partial charge in [-0.1, -0.05) is 29.8 Å². The van der Waals surface area contributed by atoms with Gasteiger partial charge in [0.25, 0.3) is 0 Å². The van der Waals surface area contributed by atoms with E-state index in [1.54, 1.807) is 24.3 Å². The molecule has 1 heterocycles. The number of halogens is 1. The Balaban J connectivity index is 2.68. The lowest BCUT2D eigenvalue weighted by Gasteiger charge is -2.03. The van der Waals surface area contributed by atoms with Gasteiger partial charge < -0.3 is 10.8 Å². The van der Waals surface area contributed by atoms with Crippen LogP contribution in [0.4, 0.5) is 5.82 Å². The summed E-state index contributed by atoms with van der Waals surface area (Å²) in [6.07, 6.45) is 0. The lowest BCUT2D eigenvalue weighted by Crippen LogP contribution is -1.99. The van der Waals surface area contributed by atoms with Crippen LogP contribution in [0.15, 0.2) is 24.3 Å². The van der Waals surface area contributed by atoms with E-state index >= 15 is 0 Å². The summed E-state index contributed by atoms with van der Waals surface area (Å²) in [6.45, 7) is 0. The average Bonchev–Trinajstić information content (AvgIpc) is 2.61. The lowest BCUT2D eigenvalue weighted by atomic mass is 10.1. The van der Waals surface area contributed by atoms with Gasteiger partial charge in [0.2, 0.25) is 0 Å². The highest BCUT2D eigenvalue weighted by atomic mass is 35.5. The fourth-order valence-electron chi connectivity index (χ4n) is 1.45. The summed E-state index contributed by atoms with van der Waals surface area (Å²) in [5, 5.41) is 15.4. The number of carboxylic acid groups (broad SMARTS) is 1. The largest absolute Gasteiger partial charge is 0.477 e. The summed E-state index contributed by atoms with van der Waals surface area (Å²) in [4.78, 5) is 10.9. The maximum atomic E-state index is 10.9. The molecule has 2 aromatic rings. The van der Waals surface area contributed by atoms with Crippen LogP contribution in [0, 0.1) is 0 Å². The predicted molar refractivity (Wildman–Crippen MR) is 60.4 cm³/mol. The van der Waals surface area contributed by atoms with E-state index < -0.39 is 5.97 Å². The standard InChI is InChI=1S/C10H8ClN3O2/c11-6-4-2-1-3-5(6)7-8(10(15)16)13-14-9(7)12/h1-4H,(H,15,16)(H3,12,13,14). The van der Waals surface area contributed by atoms with Crippen LogP contribution >= 0.6 is 11.6 Å². The molecule has 1 aromatic heterocycles. The number of H-pyrrole nitrogens is 1.